The van der Waals surface area contributed by atoms with E-state index in [0.29, 0.717) is 12.3 Å². The van der Waals surface area contributed by atoms with Crippen LogP contribution in [0.1, 0.15) is 38.8 Å². The highest BCUT2D eigenvalue weighted by Crippen LogP contribution is 2.32. The Morgan fingerprint density at radius 3 is 2.41 bits per heavy atom. The number of amides is 1. The minimum atomic E-state index is -4.46. The molecule has 0 saturated carbocycles. The van der Waals surface area contributed by atoms with Crippen LogP contribution in [0.4, 0.5) is 13.2 Å². The van der Waals surface area contributed by atoms with Crippen molar-refractivity contribution in [3.8, 4) is 0 Å². The standard InChI is InChI=1S/C25H22F3N3O3/c26-25(27,28)21-11-5-4-9-19(21)15-31(14-18-7-2-1-3-8-18)16-23-30-22(17-34-23)24(32)29-13-20-10-6-12-33-20/h1-12,17H,13-16H2,(H,29,32). The van der Waals surface area contributed by atoms with Gasteiger partial charge in [-0.3, -0.25) is 9.69 Å². The molecular formula is C25H22F3N3O3. The van der Waals surface area contributed by atoms with Crippen molar-refractivity contribution in [1.29, 1.82) is 0 Å². The third kappa shape index (κ3) is 6.14. The summed E-state index contributed by atoms with van der Waals surface area (Å²) in [6, 6.07) is 18.3. The van der Waals surface area contributed by atoms with Gasteiger partial charge in [-0.1, -0.05) is 48.5 Å². The molecule has 0 aliphatic carbocycles. The number of halogens is 3. The molecule has 4 rings (SSSR count). The summed E-state index contributed by atoms with van der Waals surface area (Å²) < 4.78 is 51.2. The Bertz CT molecular complexity index is 1200. The molecule has 2 aromatic heterocycles. The lowest BCUT2D eigenvalue weighted by Crippen LogP contribution is -2.25. The first-order valence-electron chi connectivity index (χ1n) is 10.5. The molecule has 1 amide bonds. The average molecular weight is 469 g/mol. The number of nitrogens with one attached hydrogen (secondary N) is 1. The number of carbonyl (C=O) groups excluding carboxylic acids is 1. The maximum Gasteiger partial charge on any atom is 0.416 e. The van der Waals surface area contributed by atoms with Crippen LogP contribution in [-0.4, -0.2) is 15.8 Å². The number of furan rings is 1. The van der Waals surface area contributed by atoms with Crippen LogP contribution in [0.2, 0.25) is 0 Å². The van der Waals surface area contributed by atoms with E-state index in [0.717, 1.165) is 11.6 Å². The molecule has 0 bridgehead atoms. The normalized spacial score (nSPS) is 11.6. The molecule has 0 radical (unpaired) electrons. The zero-order chi connectivity index (χ0) is 24.0. The van der Waals surface area contributed by atoms with Gasteiger partial charge in [0.25, 0.3) is 5.91 Å². The third-order valence-corrected chi connectivity index (χ3v) is 5.11. The molecule has 0 spiro atoms. The number of oxazole rings is 1. The van der Waals surface area contributed by atoms with Gasteiger partial charge in [-0.05, 0) is 29.3 Å². The van der Waals surface area contributed by atoms with Crippen molar-refractivity contribution >= 4 is 5.91 Å². The fourth-order valence-electron chi connectivity index (χ4n) is 3.54. The summed E-state index contributed by atoms with van der Waals surface area (Å²) in [5.74, 6) is 0.376. The lowest BCUT2D eigenvalue weighted by atomic mass is 10.1. The van der Waals surface area contributed by atoms with Gasteiger partial charge in [0.15, 0.2) is 5.69 Å². The summed E-state index contributed by atoms with van der Waals surface area (Å²) in [6.45, 7) is 0.706. The Kier molecular flexibility index (Phi) is 7.12. The fourth-order valence-corrected chi connectivity index (χ4v) is 3.54. The van der Waals surface area contributed by atoms with Crippen LogP contribution in [0.25, 0.3) is 0 Å². The van der Waals surface area contributed by atoms with E-state index in [1.807, 2.05) is 30.3 Å². The second-order valence-corrected chi connectivity index (χ2v) is 7.67. The highest BCUT2D eigenvalue weighted by Gasteiger charge is 2.33. The zero-order valence-corrected chi connectivity index (χ0v) is 18.1. The van der Waals surface area contributed by atoms with Crippen molar-refractivity contribution in [2.24, 2.45) is 0 Å². The quantitative estimate of drug-likeness (QED) is 0.355. The summed E-state index contributed by atoms with van der Waals surface area (Å²) in [4.78, 5) is 18.4. The Morgan fingerprint density at radius 2 is 1.68 bits per heavy atom. The molecule has 0 unspecified atom stereocenters. The van der Waals surface area contributed by atoms with Gasteiger partial charge in [0.1, 0.15) is 12.0 Å². The van der Waals surface area contributed by atoms with E-state index in [9.17, 15) is 18.0 Å². The second-order valence-electron chi connectivity index (χ2n) is 7.67. The number of hydrogen-bond acceptors (Lipinski definition) is 5. The van der Waals surface area contributed by atoms with Crippen molar-refractivity contribution in [3.63, 3.8) is 0 Å². The lowest BCUT2D eigenvalue weighted by Gasteiger charge is -2.23. The maximum absolute atomic E-state index is 13.5. The van der Waals surface area contributed by atoms with Crippen molar-refractivity contribution < 1.29 is 26.8 Å². The van der Waals surface area contributed by atoms with Crippen LogP contribution in [0.15, 0.2) is 88.1 Å². The van der Waals surface area contributed by atoms with Gasteiger partial charge >= 0.3 is 6.18 Å². The number of aromatic nitrogens is 1. The zero-order valence-electron chi connectivity index (χ0n) is 18.1. The molecule has 2 heterocycles. The fraction of sp³-hybridized carbons (Fsp3) is 0.200. The van der Waals surface area contributed by atoms with Crippen molar-refractivity contribution in [3.05, 3.63) is 113 Å². The minimum Gasteiger partial charge on any atom is -0.467 e. The number of benzene rings is 2. The van der Waals surface area contributed by atoms with Gasteiger partial charge in [-0.25, -0.2) is 4.98 Å². The van der Waals surface area contributed by atoms with Crippen LogP contribution < -0.4 is 5.32 Å². The molecule has 6 nitrogen and oxygen atoms in total. The molecule has 2 aromatic carbocycles. The molecule has 0 atom stereocenters. The van der Waals surface area contributed by atoms with Crippen LogP contribution in [0, 0.1) is 0 Å². The highest BCUT2D eigenvalue weighted by atomic mass is 19.4. The molecule has 0 saturated heterocycles. The van der Waals surface area contributed by atoms with Crippen molar-refractivity contribution in [2.75, 3.05) is 0 Å². The first kappa shape index (κ1) is 23.3. The first-order chi connectivity index (χ1) is 16.4. The maximum atomic E-state index is 13.5. The molecular weight excluding hydrogens is 447 g/mol. The third-order valence-electron chi connectivity index (χ3n) is 5.11. The van der Waals surface area contributed by atoms with Gasteiger partial charge in [0.2, 0.25) is 5.89 Å². The van der Waals surface area contributed by atoms with Gasteiger partial charge in [-0.15, -0.1) is 0 Å². The predicted molar refractivity (Wildman–Crippen MR) is 117 cm³/mol. The summed E-state index contributed by atoms with van der Waals surface area (Å²) in [5, 5.41) is 2.68. The average Bonchev–Trinajstić information content (AvgIpc) is 3.50. The first-order valence-corrected chi connectivity index (χ1v) is 10.5. The topological polar surface area (TPSA) is 71.5 Å². The summed E-state index contributed by atoms with van der Waals surface area (Å²) in [7, 11) is 0. The molecule has 1 N–H and O–H groups in total. The Balaban J connectivity index is 1.50. The van der Waals surface area contributed by atoms with Crippen LogP contribution in [0.5, 0.6) is 0 Å². The molecule has 4 aromatic rings. The molecule has 0 fully saturated rings. The van der Waals surface area contributed by atoms with E-state index in [2.05, 4.69) is 10.3 Å². The number of rotatable bonds is 9. The number of alkyl halides is 3. The van der Waals surface area contributed by atoms with E-state index in [4.69, 9.17) is 8.83 Å². The molecule has 176 valence electrons. The van der Waals surface area contributed by atoms with E-state index in [-0.39, 0.29) is 36.8 Å². The largest absolute Gasteiger partial charge is 0.467 e. The van der Waals surface area contributed by atoms with Crippen LogP contribution >= 0.6 is 0 Å². The summed E-state index contributed by atoms with van der Waals surface area (Å²) in [5.41, 5.74) is 0.472. The summed E-state index contributed by atoms with van der Waals surface area (Å²) >= 11 is 0. The number of carbonyl (C=O) groups is 1. The smallest absolute Gasteiger partial charge is 0.416 e. The SMILES string of the molecule is O=C(NCc1ccco1)c1coc(CN(Cc2ccccc2)Cc2ccccc2C(F)(F)F)n1. The Morgan fingerprint density at radius 1 is 0.912 bits per heavy atom. The second kappa shape index (κ2) is 10.4. The van der Waals surface area contributed by atoms with Gasteiger partial charge in [0.05, 0.1) is 24.9 Å². The number of hydrogen-bond donors (Lipinski definition) is 1. The van der Waals surface area contributed by atoms with Gasteiger partial charge in [0, 0.05) is 13.1 Å². The lowest BCUT2D eigenvalue weighted by molar-refractivity contribution is -0.138. The molecule has 34 heavy (non-hydrogen) atoms. The van der Waals surface area contributed by atoms with E-state index < -0.39 is 17.6 Å². The van der Waals surface area contributed by atoms with Crippen molar-refractivity contribution in [1.82, 2.24) is 15.2 Å². The van der Waals surface area contributed by atoms with E-state index in [1.54, 1.807) is 23.1 Å². The summed E-state index contributed by atoms with van der Waals surface area (Å²) in [6.07, 6.45) is -1.72. The van der Waals surface area contributed by atoms with E-state index >= 15 is 0 Å². The highest BCUT2D eigenvalue weighted by molar-refractivity contribution is 5.91. The predicted octanol–water partition coefficient (Wildman–Crippen LogP) is 5.42. The number of nitrogens with zero attached hydrogens (tertiary/aromatic N) is 2. The van der Waals surface area contributed by atoms with Crippen molar-refractivity contribution in [2.45, 2.75) is 32.4 Å². The van der Waals surface area contributed by atoms with E-state index in [1.165, 1.54) is 24.7 Å². The van der Waals surface area contributed by atoms with Gasteiger partial charge in [-0.2, -0.15) is 13.2 Å². The van der Waals surface area contributed by atoms with Gasteiger partial charge < -0.3 is 14.2 Å². The monoisotopic (exact) mass is 469 g/mol. The van der Waals surface area contributed by atoms with Crippen LogP contribution in [-0.2, 0) is 32.4 Å². The molecule has 0 aliphatic rings. The molecule has 9 heteroatoms. The minimum absolute atomic E-state index is 0.0208. The Hall–Kier alpha value is -3.85. The Labute approximate surface area is 194 Å². The molecule has 0 aliphatic heterocycles. The van der Waals surface area contributed by atoms with Crippen LogP contribution in [0.3, 0.4) is 0 Å².